The summed E-state index contributed by atoms with van der Waals surface area (Å²) in [6.07, 6.45) is 2.67. The van der Waals surface area contributed by atoms with Gasteiger partial charge >= 0.3 is 0 Å². The van der Waals surface area contributed by atoms with Crippen molar-refractivity contribution in [1.29, 1.82) is 0 Å². The van der Waals surface area contributed by atoms with E-state index in [2.05, 4.69) is 4.72 Å². The van der Waals surface area contributed by atoms with Crippen LogP contribution in [0.5, 0.6) is 0 Å². The van der Waals surface area contributed by atoms with Crippen molar-refractivity contribution < 1.29 is 9.32 Å². The second-order valence-corrected chi connectivity index (χ2v) is 7.46. The average Bonchev–Trinajstić information content (AvgIpc) is 2.11. The van der Waals surface area contributed by atoms with Crippen molar-refractivity contribution in [2.75, 3.05) is 0 Å². The molecule has 1 aliphatic carbocycles. The molecule has 15 heavy (non-hydrogen) atoms. The van der Waals surface area contributed by atoms with Crippen LogP contribution in [0.3, 0.4) is 0 Å². The monoisotopic (exact) mass is 233 g/mol. The van der Waals surface area contributed by atoms with Crippen molar-refractivity contribution in [2.24, 2.45) is 5.92 Å². The molecule has 1 fully saturated rings. The van der Waals surface area contributed by atoms with Gasteiger partial charge in [0.15, 0.2) is 0 Å². The fraction of sp³-hybridized carbons (Fsp3) is 1.00. The molecule has 0 aromatic carbocycles. The van der Waals surface area contributed by atoms with Crippen LogP contribution in [-0.4, -0.2) is 26.2 Å². The van der Waals surface area contributed by atoms with Gasteiger partial charge in [-0.2, -0.15) is 0 Å². The quantitative estimate of drug-likeness (QED) is 0.761. The summed E-state index contributed by atoms with van der Waals surface area (Å²) in [5.74, 6) is 0.199. The molecule has 0 radical (unpaired) electrons. The molecule has 0 saturated heterocycles. The first-order chi connectivity index (χ1) is 6.82. The molecule has 0 heterocycles. The third-order valence-electron chi connectivity index (χ3n) is 3.07. The molecule has 0 aliphatic heterocycles. The van der Waals surface area contributed by atoms with Crippen LogP contribution in [0.1, 0.15) is 47.0 Å². The molecule has 0 spiro atoms. The Balaban J connectivity index is 2.54. The molecular weight excluding hydrogens is 210 g/mol. The summed E-state index contributed by atoms with van der Waals surface area (Å²) in [5, 5.41) is 9.72. The Morgan fingerprint density at radius 1 is 1.33 bits per heavy atom. The Hall–Kier alpha value is 0.0700. The van der Waals surface area contributed by atoms with Gasteiger partial charge in [-0.25, -0.2) is 8.93 Å². The molecule has 0 bridgehead atoms. The zero-order chi connectivity index (χ0) is 11.6. The number of rotatable bonds is 2. The van der Waals surface area contributed by atoms with Gasteiger partial charge in [0.25, 0.3) is 0 Å². The summed E-state index contributed by atoms with van der Waals surface area (Å²) < 4.78 is 14.8. The molecule has 1 unspecified atom stereocenters. The van der Waals surface area contributed by atoms with Crippen LogP contribution in [-0.2, 0) is 11.0 Å². The number of aliphatic hydroxyl groups excluding tert-OH is 1. The van der Waals surface area contributed by atoms with E-state index in [-0.39, 0.29) is 22.8 Å². The van der Waals surface area contributed by atoms with E-state index >= 15 is 0 Å². The summed E-state index contributed by atoms with van der Waals surface area (Å²) >= 11 is 0. The van der Waals surface area contributed by atoms with Crippen molar-refractivity contribution >= 4 is 11.0 Å². The largest absolute Gasteiger partial charge is 0.393 e. The topological polar surface area (TPSA) is 49.3 Å². The molecule has 4 atom stereocenters. The highest BCUT2D eigenvalue weighted by atomic mass is 32.2. The first-order valence-electron chi connectivity index (χ1n) is 5.68. The van der Waals surface area contributed by atoms with E-state index < -0.39 is 11.0 Å². The summed E-state index contributed by atoms with van der Waals surface area (Å²) in [6, 6.07) is 0.189. The molecule has 3 nitrogen and oxygen atoms in total. The fourth-order valence-electron chi connectivity index (χ4n) is 1.82. The molecule has 1 saturated carbocycles. The molecule has 4 heteroatoms. The Morgan fingerprint density at radius 3 is 2.47 bits per heavy atom. The molecule has 0 aromatic heterocycles. The van der Waals surface area contributed by atoms with Crippen molar-refractivity contribution in [3.63, 3.8) is 0 Å². The minimum atomic E-state index is -1.03. The molecular formula is C11H23NO2S. The zero-order valence-corrected chi connectivity index (χ0v) is 10.9. The van der Waals surface area contributed by atoms with E-state index in [0.29, 0.717) is 0 Å². The number of nitrogens with one attached hydrogen (secondary N) is 1. The van der Waals surface area contributed by atoms with Gasteiger partial charge in [-0.15, -0.1) is 0 Å². The average molecular weight is 233 g/mol. The molecule has 1 aliphatic rings. The van der Waals surface area contributed by atoms with Crippen LogP contribution < -0.4 is 4.72 Å². The van der Waals surface area contributed by atoms with Crippen LogP contribution in [0.4, 0.5) is 0 Å². The van der Waals surface area contributed by atoms with Gasteiger partial charge < -0.3 is 5.11 Å². The number of hydrogen-bond acceptors (Lipinski definition) is 2. The second-order valence-electron chi connectivity index (χ2n) is 5.46. The fourth-order valence-corrected chi connectivity index (χ4v) is 2.78. The Labute approximate surface area is 95.2 Å². The maximum absolute atomic E-state index is 11.9. The third kappa shape index (κ3) is 3.54. The minimum Gasteiger partial charge on any atom is -0.393 e. The molecule has 1 rings (SSSR count). The molecule has 2 N–H and O–H groups in total. The first-order valence-corrected chi connectivity index (χ1v) is 6.83. The molecule has 0 aromatic rings. The summed E-state index contributed by atoms with van der Waals surface area (Å²) in [7, 11) is -1.03. The van der Waals surface area contributed by atoms with E-state index in [9.17, 15) is 9.32 Å². The normalized spacial score (nSPS) is 35.1. The minimum absolute atomic E-state index is 0.189. The second kappa shape index (κ2) is 4.93. The summed E-state index contributed by atoms with van der Waals surface area (Å²) in [5.41, 5.74) is 0. The SMILES string of the molecule is C[C@@H]1[C@@H](O)CCC[C@H]1NS(=O)C(C)(C)C. The van der Waals surface area contributed by atoms with Crippen molar-refractivity contribution in [1.82, 2.24) is 4.72 Å². The third-order valence-corrected chi connectivity index (χ3v) is 4.70. The van der Waals surface area contributed by atoms with E-state index in [0.717, 1.165) is 19.3 Å². The van der Waals surface area contributed by atoms with Crippen molar-refractivity contribution in [2.45, 2.75) is 63.9 Å². The lowest BCUT2D eigenvalue weighted by molar-refractivity contribution is 0.0632. The molecule has 90 valence electrons. The lowest BCUT2D eigenvalue weighted by atomic mass is 9.84. The Morgan fingerprint density at radius 2 is 1.93 bits per heavy atom. The lowest BCUT2D eigenvalue weighted by Crippen LogP contribution is -2.47. The summed E-state index contributed by atoms with van der Waals surface area (Å²) in [4.78, 5) is 0. The van der Waals surface area contributed by atoms with Gasteiger partial charge in [0.05, 0.1) is 21.8 Å². The Kier molecular flexibility index (Phi) is 4.32. The van der Waals surface area contributed by atoms with E-state index in [4.69, 9.17) is 0 Å². The van der Waals surface area contributed by atoms with Crippen LogP contribution in [0.15, 0.2) is 0 Å². The standard InChI is InChI=1S/C11H23NO2S/c1-8-9(6-5-7-10(8)13)12-15(14)11(2,3)4/h8-10,12-13H,5-7H2,1-4H3/t8-,9+,10-,15?/m0/s1. The van der Waals surface area contributed by atoms with Crippen molar-refractivity contribution in [3.05, 3.63) is 0 Å². The highest BCUT2D eigenvalue weighted by Crippen LogP contribution is 2.25. The highest BCUT2D eigenvalue weighted by Gasteiger charge is 2.31. The first kappa shape index (κ1) is 13.1. The van der Waals surface area contributed by atoms with E-state index in [1.165, 1.54) is 0 Å². The lowest BCUT2D eigenvalue weighted by Gasteiger charge is -2.34. The van der Waals surface area contributed by atoms with Crippen LogP contribution in [0, 0.1) is 5.92 Å². The Bertz CT molecular complexity index is 237. The number of aliphatic hydroxyl groups is 1. The maximum Gasteiger partial charge on any atom is 0.0972 e. The zero-order valence-electron chi connectivity index (χ0n) is 10.1. The van der Waals surface area contributed by atoms with Gasteiger partial charge in [0.1, 0.15) is 0 Å². The number of hydrogen-bond donors (Lipinski definition) is 2. The van der Waals surface area contributed by atoms with Gasteiger partial charge in [-0.1, -0.05) is 6.92 Å². The van der Waals surface area contributed by atoms with E-state index in [1.54, 1.807) is 0 Å². The van der Waals surface area contributed by atoms with Gasteiger partial charge in [-0.3, -0.25) is 0 Å². The predicted molar refractivity (Wildman–Crippen MR) is 63.8 cm³/mol. The van der Waals surface area contributed by atoms with Crippen LogP contribution >= 0.6 is 0 Å². The van der Waals surface area contributed by atoms with Crippen LogP contribution in [0.2, 0.25) is 0 Å². The maximum atomic E-state index is 11.9. The summed E-state index contributed by atoms with van der Waals surface area (Å²) in [6.45, 7) is 7.90. The highest BCUT2D eigenvalue weighted by molar-refractivity contribution is 7.84. The van der Waals surface area contributed by atoms with E-state index in [1.807, 2.05) is 27.7 Å². The van der Waals surface area contributed by atoms with Crippen LogP contribution in [0.25, 0.3) is 0 Å². The van der Waals surface area contributed by atoms with Crippen molar-refractivity contribution in [3.8, 4) is 0 Å². The van der Waals surface area contributed by atoms with Gasteiger partial charge in [0, 0.05) is 6.04 Å². The van der Waals surface area contributed by atoms with Gasteiger partial charge in [0.2, 0.25) is 0 Å². The smallest absolute Gasteiger partial charge is 0.0972 e. The van der Waals surface area contributed by atoms with Gasteiger partial charge in [-0.05, 0) is 46.0 Å². The molecule has 0 amide bonds. The predicted octanol–water partition coefficient (Wildman–Crippen LogP) is 1.59.